The highest BCUT2D eigenvalue weighted by atomic mass is 16.6. The molecule has 5 nitrogen and oxygen atoms in total. The number of benzene rings is 1. The number of amides is 1. The molecule has 2 rings (SSSR count). The molecule has 0 aliphatic carbocycles. The molecule has 0 saturated carbocycles. The smallest absolute Gasteiger partial charge is 0.344 e. The fourth-order valence-electron chi connectivity index (χ4n) is 1.87. The van der Waals surface area contributed by atoms with Gasteiger partial charge in [0.1, 0.15) is 12.4 Å². The topological polar surface area (TPSA) is 64.6 Å². The molecule has 1 amide bonds. The summed E-state index contributed by atoms with van der Waals surface area (Å²) in [5, 5.41) is 2.79. The zero-order valence-electron chi connectivity index (χ0n) is 11.3. The molecular weight excluding hydrogens is 258 g/mol. The molecule has 1 aliphatic rings. The van der Waals surface area contributed by atoms with Gasteiger partial charge in [-0.1, -0.05) is 12.2 Å². The van der Waals surface area contributed by atoms with Crippen molar-refractivity contribution in [3.05, 3.63) is 35.9 Å². The van der Waals surface area contributed by atoms with Crippen molar-refractivity contribution in [2.45, 2.75) is 19.8 Å². The molecular formula is C15H17NO4. The van der Waals surface area contributed by atoms with Gasteiger partial charge in [-0.25, -0.2) is 4.79 Å². The van der Waals surface area contributed by atoms with Gasteiger partial charge in [0.05, 0.1) is 0 Å². The van der Waals surface area contributed by atoms with Gasteiger partial charge in [0.25, 0.3) is 0 Å². The number of anilines is 1. The minimum absolute atomic E-state index is 0.0266. The van der Waals surface area contributed by atoms with Gasteiger partial charge in [-0.05, 0) is 37.1 Å². The van der Waals surface area contributed by atoms with Crippen LogP contribution in [0.1, 0.15) is 18.9 Å². The third-order valence-corrected chi connectivity index (χ3v) is 2.91. The number of ether oxygens (including phenoxy) is 2. The van der Waals surface area contributed by atoms with Crippen LogP contribution >= 0.6 is 0 Å². The maximum absolute atomic E-state index is 11.4. The third kappa shape index (κ3) is 3.85. The molecule has 20 heavy (non-hydrogen) atoms. The van der Waals surface area contributed by atoms with Crippen molar-refractivity contribution in [3.63, 3.8) is 0 Å². The van der Waals surface area contributed by atoms with Crippen LogP contribution in [0.5, 0.6) is 5.75 Å². The average molecular weight is 275 g/mol. The Morgan fingerprint density at radius 3 is 3.05 bits per heavy atom. The van der Waals surface area contributed by atoms with Crippen LogP contribution in [0.3, 0.4) is 0 Å². The molecule has 1 aliphatic heterocycles. The van der Waals surface area contributed by atoms with Gasteiger partial charge in [-0.2, -0.15) is 0 Å². The largest absolute Gasteiger partial charge is 0.482 e. The lowest BCUT2D eigenvalue weighted by molar-refractivity contribution is -0.144. The first kappa shape index (κ1) is 14.1. The lowest BCUT2D eigenvalue weighted by Gasteiger charge is -2.17. The van der Waals surface area contributed by atoms with Crippen molar-refractivity contribution in [2.75, 3.05) is 18.5 Å². The van der Waals surface area contributed by atoms with Gasteiger partial charge in [0.15, 0.2) is 6.61 Å². The highest BCUT2D eigenvalue weighted by molar-refractivity contribution is 5.94. The van der Waals surface area contributed by atoms with E-state index in [9.17, 15) is 9.59 Å². The summed E-state index contributed by atoms with van der Waals surface area (Å²) in [7, 11) is 0. The van der Waals surface area contributed by atoms with E-state index >= 15 is 0 Å². The van der Waals surface area contributed by atoms with Crippen molar-refractivity contribution in [3.8, 4) is 5.75 Å². The first-order valence-corrected chi connectivity index (χ1v) is 6.51. The summed E-state index contributed by atoms with van der Waals surface area (Å²) in [4.78, 5) is 22.6. The van der Waals surface area contributed by atoms with Crippen LogP contribution in [-0.2, 0) is 20.7 Å². The van der Waals surface area contributed by atoms with Crippen LogP contribution in [0, 0.1) is 0 Å². The lowest BCUT2D eigenvalue weighted by Crippen LogP contribution is -2.19. The third-order valence-electron chi connectivity index (χ3n) is 2.91. The molecule has 0 atom stereocenters. The van der Waals surface area contributed by atoms with Crippen molar-refractivity contribution < 1.29 is 19.1 Å². The van der Waals surface area contributed by atoms with Crippen molar-refractivity contribution in [1.82, 2.24) is 0 Å². The number of hydrogen-bond donors (Lipinski definition) is 1. The van der Waals surface area contributed by atoms with Gasteiger partial charge in [0.2, 0.25) is 5.91 Å². The molecule has 1 aromatic carbocycles. The second-order valence-corrected chi connectivity index (χ2v) is 4.41. The summed E-state index contributed by atoms with van der Waals surface area (Å²) in [6.07, 6.45) is 4.72. The second kappa shape index (κ2) is 6.75. The monoisotopic (exact) mass is 275 g/mol. The highest BCUT2D eigenvalue weighted by Crippen LogP contribution is 2.26. The van der Waals surface area contributed by atoms with Gasteiger partial charge in [-0.3, -0.25) is 4.79 Å². The van der Waals surface area contributed by atoms with Gasteiger partial charge in [0, 0.05) is 12.1 Å². The summed E-state index contributed by atoms with van der Waals surface area (Å²) < 4.78 is 10.3. The number of nitrogens with one attached hydrogen (secondary N) is 1. The van der Waals surface area contributed by atoms with Gasteiger partial charge < -0.3 is 14.8 Å². The molecule has 0 saturated heterocycles. The van der Waals surface area contributed by atoms with Crippen LogP contribution in [0.2, 0.25) is 0 Å². The fourth-order valence-corrected chi connectivity index (χ4v) is 1.87. The minimum Gasteiger partial charge on any atom is -0.482 e. The van der Waals surface area contributed by atoms with E-state index in [-0.39, 0.29) is 19.1 Å². The van der Waals surface area contributed by atoms with E-state index in [1.807, 2.05) is 19.1 Å². The molecule has 1 N–H and O–H groups in total. The number of fused-ring (bicyclic) bond motifs is 1. The molecule has 0 fully saturated rings. The number of rotatable bonds is 5. The van der Waals surface area contributed by atoms with Crippen molar-refractivity contribution in [1.29, 1.82) is 0 Å². The van der Waals surface area contributed by atoms with E-state index in [4.69, 9.17) is 9.47 Å². The number of esters is 1. The number of hydrogen-bond acceptors (Lipinski definition) is 4. The minimum atomic E-state index is -0.408. The summed E-state index contributed by atoms with van der Waals surface area (Å²) in [6.45, 7) is 1.99. The van der Waals surface area contributed by atoms with E-state index < -0.39 is 5.97 Å². The number of carbonyl (C=O) groups excluding carboxylic acids is 2. The van der Waals surface area contributed by atoms with Gasteiger partial charge in [-0.15, -0.1) is 0 Å². The summed E-state index contributed by atoms with van der Waals surface area (Å²) >= 11 is 0. The predicted octanol–water partition coefficient (Wildman–Crippen LogP) is 2.07. The lowest BCUT2D eigenvalue weighted by atomic mass is 10.0. The first-order chi connectivity index (χ1) is 9.69. The predicted molar refractivity (Wildman–Crippen MR) is 74.7 cm³/mol. The Hall–Kier alpha value is -2.30. The molecule has 106 valence electrons. The van der Waals surface area contributed by atoms with Crippen molar-refractivity contribution >= 4 is 17.6 Å². The molecule has 5 heteroatoms. The Morgan fingerprint density at radius 2 is 2.25 bits per heavy atom. The Morgan fingerprint density at radius 1 is 1.40 bits per heavy atom. The maximum atomic E-state index is 11.4. The molecule has 1 aromatic rings. The van der Waals surface area contributed by atoms with Crippen LogP contribution < -0.4 is 10.1 Å². The number of allylic oxidation sites excluding steroid dienone is 1. The van der Waals surface area contributed by atoms with Gasteiger partial charge >= 0.3 is 5.97 Å². The summed E-state index contributed by atoms with van der Waals surface area (Å²) in [6, 6.07) is 5.35. The standard InChI is InChI=1S/C15H17NO4/c1-2-3-8-19-15(18)10-20-12-5-6-13-11(9-12)4-7-14(17)16-13/h2-3,5-6,9H,4,7-8,10H2,1H3,(H,16,17). The Kier molecular flexibility index (Phi) is 4.76. The van der Waals surface area contributed by atoms with E-state index in [2.05, 4.69) is 5.32 Å². The SMILES string of the molecule is CC=CCOC(=O)COc1ccc2c(c1)CCC(=O)N2. The van der Waals surface area contributed by atoms with E-state index in [1.165, 1.54) is 0 Å². The summed E-state index contributed by atoms with van der Waals surface area (Å²) in [5.74, 6) is 0.218. The van der Waals surface area contributed by atoms with E-state index in [0.29, 0.717) is 18.6 Å². The zero-order chi connectivity index (χ0) is 14.4. The van der Waals surface area contributed by atoms with Crippen molar-refractivity contribution in [2.24, 2.45) is 0 Å². The molecule has 0 bridgehead atoms. The Balaban J connectivity index is 1.88. The van der Waals surface area contributed by atoms with E-state index in [0.717, 1.165) is 11.3 Å². The fraction of sp³-hybridized carbons (Fsp3) is 0.333. The maximum Gasteiger partial charge on any atom is 0.344 e. The molecule has 0 unspecified atom stereocenters. The number of carbonyl (C=O) groups is 2. The quantitative estimate of drug-likeness (QED) is 0.660. The normalized spacial score (nSPS) is 13.8. The Labute approximate surface area is 117 Å². The average Bonchev–Trinajstić information content (AvgIpc) is 2.45. The first-order valence-electron chi connectivity index (χ1n) is 6.51. The van der Waals surface area contributed by atoms with E-state index in [1.54, 1.807) is 18.2 Å². The van der Waals surface area contributed by atoms with Crippen LogP contribution in [-0.4, -0.2) is 25.1 Å². The second-order valence-electron chi connectivity index (χ2n) is 4.41. The Bertz CT molecular complexity index is 537. The van der Waals surface area contributed by atoms with Crippen LogP contribution in [0.15, 0.2) is 30.4 Å². The molecule has 0 radical (unpaired) electrons. The van der Waals surface area contributed by atoms with Crippen LogP contribution in [0.25, 0.3) is 0 Å². The highest BCUT2D eigenvalue weighted by Gasteiger charge is 2.15. The zero-order valence-corrected chi connectivity index (χ0v) is 11.3. The number of aryl methyl sites for hydroxylation is 1. The molecule has 1 heterocycles. The molecule has 0 spiro atoms. The van der Waals surface area contributed by atoms with Crippen LogP contribution in [0.4, 0.5) is 5.69 Å². The molecule has 0 aromatic heterocycles. The summed E-state index contributed by atoms with van der Waals surface area (Å²) in [5.41, 5.74) is 1.83.